The van der Waals surface area contributed by atoms with Crippen molar-refractivity contribution in [1.82, 2.24) is 14.8 Å². The van der Waals surface area contributed by atoms with Crippen molar-refractivity contribution in [3.63, 3.8) is 0 Å². The molecule has 2 heterocycles. The highest BCUT2D eigenvalue weighted by molar-refractivity contribution is 7.99. The molecule has 1 saturated heterocycles. The van der Waals surface area contributed by atoms with Crippen LogP contribution in [-0.2, 0) is 4.79 Å². The Balaban J connectivity index is 1.79. The predicted octanol–water partition coefficient (Wildman–Crippen LogP) is 3.18. The van der Waals surface area contributed by atoms with E-state index in [1.54, 1.807) is 22.2 Å². The van der Waals surface area contributed by atoms with Crippen molar-refractivity contribution in [2.24, 2.45) is 0 Å². The summed E-state index contributed by atoms with van der Waals surface area (Å²) in [6, 6.07) is -0.332. The van der Waals surface area contributed by atoms with Gasteiger partial charge in [0.05, 0.1) is 17.1 Å². The van der Waals surface area contributed by atoms with Gasteiger partial charge in [0.15, 0.2) is 0 Å². The molecule has 2 aliphatic rings. The predicted molar refractivity (Wildman–Crippen MR) is 98.5 cm³/mol. The molecule has 2 fully saturated rings. The van der Waals surface area contributed by atoms with Crippen molar-refractivity contribution in [1.29, 1.82) is 0 Å². The lowest BCUT2D eigenvalue weighted by atomic mass is 10.0. The maximum atomic E-state index is 13.1. The molecule has 7 heteroatoms. The highest BCUT2D eigenvalue weighted by atomic mass is 32.2. The smallest absolute Gasteiger partial charge is 0.267 e. The highest BCUT2D eigenvalue weighted by Gasteiger charge is 2.38. The second-order valence-corrected chi connectivity index (χ2v) is 8.20. The number of hydrogen-bond donors (Lipinski definition) is 0. The average molecular weight is 368 g/mol. The number of rotatable bonds is 5. The largest absolute Gasteiger partial charge is 0.341 e. The first kappa shape index (κ1) is 17.7. The van der Waals surface area contributed by atoms with E-state index < -0.39 is 0 Å². The summed E-state index contributed by atoms with van der Waals surface area (Å²) in [5.41, 5.74) is 2.75. The molecule has 132 valence electrons. The summed E-state index contributed by atoms with van der Waals surface area (Å²) in [5, 5.41) is 0. The van der Waals surface area contributed by atoms with Gasteiger partial charge in [0.25, 0.3) is 5.91 Å². The fraction of sp³-hybridized carbons (Fsp3) is 0.706. The Kier molecular flexibility index (Phi) is 5.81. The normalized spacial score (nSPS) is 21.4. The first-order valence-corrected chi connectivity index (χ1v) is 10.8. The van der Waals surface area contributed by atoms with Gasteiger partial charge in [-0.25, -0.2) is 4.98 Å². The number of carbonyl (C=O) groups is 2. The molecule has 1 aromatic rings. The van der Waals surface area contributed by atoms with Crippen LogP contribution in [-0.4, -0.2) is 57.4 Å². The third kappa shape index (κ3) is 3.33. The van der Waals surface area contributed by atoms with E-state index in [2.05, 4.69) is 4.98 Å². The summed E-state index contributed by atoms with van der Waals surface area (Å²) < 4.78 is 0. The maximum Gasteiger partial charge on any atom is 0.267 e. The molecule has 0 radical (unpaired) electrons. The van der Waals surface area contributed by atoms with Crippen molar-refractivity contribution in [2.45, 2.75) is 51.5 Å². The third-order valence-electron chi connectivity index (χ3n) is 5.03. The Morgan fingerprint density at radius 2 is 2.00 bits per heavy atom. The number of hydrogen-bond acceptors (Lipinski definition) is 5. The molecule has 5 nitrogen and oxygen atoms in total. The molecule has 0 N–H and O–H groups in total. The lowest BCUT2D eigenvalue weighted by molar-refractivity contribution is -0.134. The van der Waals surface area contributed by atoms with E-state index in [9.17, 15) is 9.59 Å². The van der Waals surface area contributed by atoms with Crippen molar-refractivity contribution < 1.29 is 9.59 Å². The minimum Gasteiger partial charge on any atom is -0.341 e. The molecular formula is C17H25N3O2S2. The first-order valence-electron chi connectivity index (χ1n) is 8.78. The van der Waals surface area contributed by atoms with Crippen molar-refractivity contribution in [2.75, 3.05) is 24.7 Å². The Bertz CT molecular complexity index is 594. The Labute approximate surface area is 151 Å². The van der Waals surface area contributed by atoms with E-state index in [1.807, 2.05) is 18.7 Å². The minimum atomic E-state index is -0.332. The summed E-state index contributed by atoms with van der Waals surface area (Å²) in [6.07, 6.45) is 4.69. The number of thioether (sulfide) groups is 1. The van der Waals surface area contributed by atoms with Gasteiger partial charge in [-0.1, -0.05) is 12.8 Å². The number of nitrogens with zero attached hydrogens (tertiary/aromatic N) is 3. The monoisotopic (exact) mass is 367 g/mol. The molecule has 1 unspecified atom stereocenters. The minimum absolute atomic E-state index is 0.00472. The molecule has 3 rings (SSSR count). The fourth-order valence-electron chi connectivity index (χ4n) is 3.63. The van der Waals surface area contributed by atoms with Gasteiger partial charge in [0, 0.05) is 24.8 Å². The van der Waals surface area contributed by atoms with E-state index in [1.165, 1.54) is 24.2 Å². The van der Waals surface area contributed by atoms with Gasteiger partial charge in [0.1, 0.15) is 10.9 Å². The zero-order chi connectivity index (χ0) is 17.1. The zero-order valence-electron chi connectivity index (χ0n) is 14.4. The molecule has 0 spiro atoms. The van der Waals surface area contributed by atoms with Crippen LogP contribution in [0.3, 0.4) is 0 Å². The summed E-state index contributed by atoms with van der Waals surface area (Å²) in [4.78, 5) is 34.7. The number of aromatic nitrogens is 1. The van der Waals surface area contributed by atoms with Crippen LogP contribution < -0.4 is 0 Å². The van der Waals surface area contributed by atoms with Crippen LogP contribution in [0.1, 0.15) is 60.8 Å². The summed E-state index contributed by atoms with van der Waals surface area (Å²) in [7, 11) is 0. The lowest BCUT2D eigenvalue weighted by Crippen LogP contribution is -2.49. The molecule has 1 atom stereocenters. The maximum absolute atomic E-state index is 13.1. The van der Waals surface area contributed by atoms with Crippen LogP contribution in [0.15, 0.2) is 5.51 Å². The van der Waals surface area contributed by atoms with E-state index >= 15 is 0 Å². The van der Waals surface area contributed by atoms with Gasteiger partial charge >= 0.3 is 0 Å². The third-order valence-corrected chi connectivity index (χ3v) is 6.88. The molecule has 0 bridgehead atoms. The van der Waals surface area contributed by atoms with Crippen LogP contribution in [0.2, 0.25) is 0 Å². The summed E-state index contributed by atoms with van der Waals surface area (Å²) in [6.45, 7) is 5.34. The molecule has 1 saturated carbocycles. The fourth-order valence-corrected chi connectivity index (χ4v) is 5.60. The van der Waals surface area contributed by atoms with Crippen LogP contribution in [0.25, 0.3) is 0 Å². The SMILES string of the molecule is CCN(CC)C(=O)C1CSCN1C(=O)c1scnc1C1CCCC1. The molecule has 1 aromatic heterocycles. The molecular weight excluding hydrogens is 342 g/mol. The average Bonchev–Trinajstić information content (AvgIpc) is 3.34. The Morgan fingerprint density at radius 1 is 1.29 bits per heavy atom. The number of carbonyl (C=O) groups excluding carboxylic acids is 2. The number of thiazole rings is 1. The van der Waals surface area contributed by atoms with E-state index in [4.69, 9.17) is 0 Å². The topological polar surface area (TPSA) is 53.5 Å². The number of amides is 2. The van der Waals surface area contributed by atoms with Crippen LogP contribution in [0.5, 0.6) is 0 Å². The van der Waals surface area contributed by atoms with E-state index in [0.29, 0.717) is 30.6 Å². The molecule has 24 heavy (non-hydrogen) atoms. The van der Waals surface area contributed by atoms with Crippen LogP contribution in [0, 0.1) is 0 Å². The standard InChI is InChI=1S/C17H25N3O2S2/c1-3-19(4-2)16(21)13-9-23-11-20(13)17(22)15-14(18-10-24-15)12-7-5-6-8-12/h10,12-13H,3-9,11H2,1-2H3. The van der Waals surface area contributed by atoms with Gasteiger partial charge in [-0.2, -0.15) is 0 Å². The van der Waals surface area contributed by atoms with Gasteiger partial charge in [0.2, 0.25) is 5.91 Å². The summed E-state index contributed by atoms with van der Waals surface area (Å²) in [5.74, 6) is 1.78. The Morgan fingerprint density at radius 3 is 2.67 bits per heavy atom. The van der Waals surface area contributed by atoms with Crippen molar-refractivity contribution in [3.05, 3.63) is 16.1 Å². The van der Waals surface area contributed by atoms with E-state index in [-0.39, 0.29) is 17.9 Å². The second kappa shape index (κ2) is 7.87. The van der Waals surface area contributed by atoms with Gasteiger partial charge in [-0.05, 0) is 26.7 Å². The molecule has 1 aliphatic carbocycles. The molecule has 0 aromatic carbocycles. The quantitative estimate of drug-likeness (QED) is 0.802. The lowest BCUT2D eigenvalue weighted by Gasteiger charge is -2.28. The van der Waals surface area contributed by atoms with Gasteiger partial charge in [-0.15, -0.1) is 23.1 Å². The van der Waals surface area contributed by atoms with Gasteiger partial charge < -0.3 is 9.80 Å². The van der Waals surface area contributed by atoms with E-state index in [0.717, 1.165) is 23.4 Å². The van der Waals surface area contributed by atoms with Crippen LogP contribution >= 0.6 is 23.1 Å². The molecule has 1 aliphatic heterocycles. The first-order chi connectivity index (χ1) is 11.7. The van der Waals surface area contributed by atoms with Crippen molar-refractivity contribution >= 4 is 34.9 Å². The van der Waals surface area contributed by atoms with Gasteiger partial charge in [-0.3, -0.25) is 9.59 Å². The van der Waals surface area contributed by atoms with Crippen molar-refractivity contribution in [3.8, 4) is 0 Å². The van der Waals surface area contributed by atoms with Crippen LogP contribution in [0.4, 0.5) is 0 Å². The summed E-state index contributed by atoms with van der Waals surface area (Å²) >= 11 is 3.09. The highest BCUT2D eigenvalue weighted by Crippen LogP contribution is 2.37. The molecule has 2 amide bonds. The zero-order valence-corrected chi connectivity index (χ0v) is 16.0. The Hall–Kier alpha value is -1.08. The number of likely N-dealkylation sites (N-methyl/N-ethyl adjacent to an activating group) is 1. The second-order valence-electron chi connectivity index (χ2n) is 6.35.